The van der Waals surface area contributed by atoms with Crippen molar-refractivity contribution in [2.24, 2.45) is 11.8 Å². The molecule has 0 aliphatic heterocycles. The maximum Gasteiger partial charge on any atom is 0.120 e. The van der Waals surface area contributed by atoms with Crippen LogP contribution in [0.5, 0.6) is 0 Å². The molecule has 0 saturated carbocycles. The first-order chi connectivity index (χ1) is 5.07. The van der Waals surface area contributed by atoms with E-state index in [1.54, 1.807) is 0 Å². The zero-order chi connectivity index (χ0) is 8.85. The average Bonchev–Trinajstić information content (AvgIpc) is 1.99. The van der Waals surface area contributed by atoms with E-state index in [1.165, 1.54) is 20.1 Å². The first kappa shape index (κ1) is 11.1. The SMILES string of the molecule is CBC(C)CCC(C)C(C)C. The van der Waals surface area contributed by atoms with Gasteiger partial charge in [0.15, 0.2) is 0 Å². The molecular formula is C10H23B. The Balaban J connectivity index is 3.37. The van der Waals surface area contributed by atoms with Crippen molar-refractivity contribution in [3.8, 4) is 0 Å². The first-order valence-corrected chi connectivity index (χ1v) is 5.07. The van der Waals surface area contributed by atoms with E-state index in [1.807, 2.05) is 0 Å². The van der Waals surface area contributed by atoms with Crippen LogP contribution in [-0.4, -0.2) is 7.28 Å². The lowest BCUT2D eigenvalue weighted by Crippen LogP contribution is -2.05. The van der Waals surface area contributed by atoms with Gasteiger partial charge in [0.25, 0.3) is 0 Å². The summed E-state index contributed by atoms with van der Waals surface area (Å²) in [5.41, 5.74) is 0. The standard InChI is InChI=1S/C10H23B/c1-8(2)9(3)6-7-10(4)11-5/h8-11H,6-7H2,1-5H3. The summed E-state index contributed by atoms with van der Waals surface area (Å²) in [5.74, 6) is 2.69. The number of hydrogen-bond donors (Lipinski definition) is 0. The van der Waals surface area contributed by atoms with Crippen LogP contribution >= 0.6 is 0 Å². The second-order valence-electron chi connectivity index (χ2n) is 4.31. The van der Waals surface area contributed by atoms with E-state index in [-0.39, 0.29) is 0 Å². The molecule has 0 radical (unpaired) electrons. The van der Waals surface area contributed by atoms with E-state index in [0.717, 1.165) is 17.7 Å². The molecule has 0 aliphatic carbocycles. The zero-order valence-corrected chi connectivity index (χ0v) is 8.85. The quantitative estimate of drug-likeness (QED) is 0.532. The Morgan fingerprint density at radius 2 is 1.55 bits per heavy atom. The highest BCUT2D eigenvalue weighted by molar-refractivity contribution is 6.35. The van der Waals surface area contributed by atoms with Crippen LogP contribution in [0.25, 0.3) is 0 Å². The monoisotopic (exact) mass is 154 g/mol. The Morgan fingerprint density at radius 1 is 1.00 bits per heavy atom. The fourth-order valence-electron chi connectivity index (χ4n) is 1.08. The third-order valence-corrected chi connectivity index (χ3v) is 2.95. The van der Waals surface area contributed by atoms with Crippen molar-refractivity contribution < 1.29 is 0 Å². The minimum atomic E-state index is 0.860. The summed E-state index contributed by atoms with van der Waals surface area (Å²) in [6.07, 6.45) is 2.82. The third kappa shape index (κ3) is 5.35. The van der Waals surface area contributed by atoms with Gasteiger partial charge in [-0.1, -0.05) is 53.2 Å². The van der Waals surface area contributed by atoms with Crippen LogP contribution in [0, 0.1) is 11.8 Å². The number of hydrogen-bond acceptors (Lipinski definition) is 0. The van der Waals surface area contributed by atoms with E-state index in [4.69, 9.17) is 0 Å². The van der Waals surface area contributed by atoms with Crippen molar-refractivity contribution in [1.29, 1.82) is 0 Å². The predicted octanol–water partition coefficient (Wildman–Crippen LogP) is 3.35. The summed E-state index contributed by atoms with van der Waals surface area (Å²) in [6.45, 7) is 11.6. The Bertz CT molecular complexity index is 88.9. The lowest BCUT2D eigenvalue weighted by molar-refractivity contribution is 0.380. The highest BCUT2D eigenvalue weighted by atomic mass is 14.1. The molecule has 0 rings (SSSR count). The van der Waals surface area contributed by atoms with Gasteiger partial charge in [0, 0.05) is 0 Å². The molecule has 0 spiro atoms. The minimum absolute atomic E-state index is 0.860. The lowest BCUT2D eigenvalue weighted by Gasteiger charge is -2.16. The molecule has 0 nitrogen and oxygen atoms in total. The van der Waals surface area contributed by atoms with E-state index in [2.05, 4.69) is 34.5 Å². The maximum absolute atomic E-state index is 2.37. The molecule has 0 heterocycles. The fourth-order valence-corrected chi connectivity index (χ4v) is 1.08. The molecule has 0 aliphatic rings. The van der Waals surface area contributed by atoms with Crippen molar-refractivity contribution >= 4 is 7.28 Å². The maximum atomic E-state index is 2.37. The Kier molecular flexibility index (Phi) is 5.72. The van der Waals surface area contributed by atoms with Crippen molar-refractivity contribution in [3.05, 3.63) is 0 Å². The van der Waals surface area contributed by atoms with Gasteiger partial charge in [-0.25, -0.2) is 0 Å². The van der Waals surface area contributed by atoms with Gasteiger partial charge >= 0.3 is 0 Å². The molecule has 0 saturated heterocycles. The summed E-state index contributed by atoms with van der Waals surface area (Å²) in [7, 11) is 1.34. The van der Waals surface area contributed by atoms with Gasteiger partial charge in [0.05, 0.1) is 0 Å². The van der Waals surface area contributed by atoms with Crippen molar-refractivity contribution in [1.82, 2.24) is 0 Å². The van der Waals surface area contributed by atoms with Crippen LogP contribution in [-0.2, 0) is 0 Å². The Hall–Kier alpha value is 0.0649. The first-order valence-electron chi connectivity index (χ1n) is 5.07. The van der Waals surface area contributed by atoms with Crippen molar-refractivity contribution in [2.45, 2.75) is 53.2 Å². The van der Waals surface area contributed by atoms with Gasteiger partial charge in [-0.15, -0.1) is 0 Å². The molecule has 0 amide bonds. The molecule has 0 aromatic heterocycles. The second kappa shape index (κ2) is 5.68. The highest BCUT2D eigenvalue weighted by Crippen LogP contribution is 2.20. The van der Waals surface area contributed by atoms with E-state index in [0.29, 0.717) is 0 Å². The molecule has 1 heteroatoms. The summed E-state index contributed by atoms with van der Waals surface area (Å²) < 4.78 is 0. The van der Waals surface area contributed by atoms with Gasteiger partial charge in [0.2, 0.25) is 0 Å². The predicted molar refractivity (Wildman–Crippen MR) is 55.7 cm³/mol. The highest BCUT2D eigenvalue weighted by Gasteiger charge is 2.08. The van der Waals surface area contributed by atoms with Crippen LogP contribution in [0.3, 0.4) is 0 Å². The van der Waals surface area contributed by atoms with E-state index >= 15 is 0 Å². The van der Waals surface area contributed by atoms with Crippen LogP contribution < -0.4 is 0 Å². The minimum Gasteiger partial charge on any atom is -0.0891 e. The third-order valence-electron chi connectivity index (χ3n) is 2.95. The second-order valence-corrected chi connectivity index (χ2v) is 4.31. The summed E-state index contributed by atoms with van der Waals surface area (Å²) in [6, 6.07) is 0. The molecule has 2 unspecified atom stereocenters. The van der Waals surface area contributed by atoms with E-state index in [9.17, 15) is 0 Å². The van der Waals surface area contributed by atoms with Crippen LogP contribution in [0.1, 0.15) is 40.5 Å². The molecule has 2 atom stereocenters. The van der Waals surface area contributed by atoms with Gasteiger partial charge in [-0.3, -0.25) is 0 Å². The zero-order valence-electron chi connectivity index (χ0n) is 8.85. The summed E-state index contributed by atoms with van der Waals surface area (Å²) >= 11 is 0. The van der Waals surface area contributed by atoms with Crippen LogP contribution in [0.15, 0.2) is 0 Å². The summed E-state index contributed by atoms with van der Waals surface area (Å²) in [5, 5.41) is 0. The Morgan fingerprint density at radius 3 is 1.91 bits per heavy atom. The topological polar surface area (TPSA) is 0 Å². The molecule has 0 N–H and O–H groups in total. The fraction of sp³-hybridized carbons (Fsp3) is 1.00. The van der Waals surface area contributed by atoms with Crippen molar-refractivity contribution in [3.63, 3.8) is 0 Å². The smallest absolute Gasteiger partial charge is 0.0891 e. The molecule has 66 valence electrons. The van der Waals surface area contributed by atoms with Gasteiger partial charge in [0.1, 0.15) is 7.28 Å². The van der Waals surface area contributed by atoms with Gasteiger partial charge < -0.3 is 0 Å². The number of rotatable bonds is 5. The molecule has 0 aromatic carbocycles. The molecular weight excluding hydrogens is 131 g/mol. The lowest BCUT2D eigenvalue weighted by atomic mass is 9.65. The Labute approximate surface area is 73.0 Å². The van der Waals surface area contributed by atoms with Crippen molar-refractivity contribution in [2.75, 3.05) is 0 Å². The molecule has 11 heavy (non-hydrogen) atoms. The normalized spacial score (nSPS) is 16.5. The largest absolute Gasteiger partial charge is 0.120 e. The van der Waals surface area contributed by atoms with Gasteiger partial charge in [-0.2, -0.15) is 0 Å². The summed E-state index contributed by atoms with van der Waals surface area (Å²) in [4.78, 5) is 0. The average molecular weight is 154 g/mol. The van der Waals surface area contributed by atoms with E-state index < -0.39 is 0 Å². The molecule has 0 aromatic rings. The van der Waals surface area contributed by atoms with Crippen LogP contribution in [0.2, 0.25) is 12.6 Å². The van der Waals surface area contributed by atoms with Crippen LogP contribution in [0.4, 0.5) is 0 Å². The van der Waals surface area contributed by atoms with Gasteiger partial charge in [-0.05, 0) is 11.8 Å². The molecule has 0 fully saturated rings. The molecule has 0 bridgehead atoms.